The molecule has 0 saturated carbocycles. The highest BCUT2D eigenvalue weighted by Crippen LogP contribution is 2.28. The van der Waals surface area contributed by atoms with Crippen LogP contribution in [0.4, 0.5) is 5.69 Å². The largest absolute Gasteiger partial charge is 0.493 e. The molecule has 2 aliphatic rings. The van der Waals surface area contributed by atoms with Crippen molar-refractivity contribution in [3.63, 3.8) is 0 Å². The van der Waals surface area contributed by atoms with Gasteiger partial charge >= 0.3 is 0 Å². The van der Waals surface area contributed by atoms with Crippen LogP contribution in [0.5, 0.6) is 5.75 Å². The maximum atomic E-state index is 12.1. The lowest BCUT2D eigenvalue weighted by Crippen LogP contribution is -2.43. The maximum absolute atomic E-state index is 12.1. The number of anilines is 1. The summed E-state index contributed by atoms with van der Waals surface area (Å²) in [5.74, 6) is 1.03. The number of carbonyl (C=O) groups is 1. The van der Waals surface area contributed by atoms with E-state index in [1.165, 1.54) is 12.0 Å². The van der Waals surface area contributed by atoms with E-state index in [-0.39, 0.29) is 24.4 Å². The fourth-order valence-corrected chi connectivity index (χ4v) is 2.57. The summed E-state index contributed by atoms with van der Waals surface area (Å²) in [4.78, 5) is 12.1. The molecule has 0 spiro atoms. The summed E-state index contributed by atoms with van der Waals surface area (Å²) in [7, 11) is 0. The number of rotatable bonds is 2. The van der Waals surface area contributed by atoms with Crippen LogP contribution in [0.1, 0.15) is 24.8 Å². The van der Waals surface area contributed by atoms with Gasteiger partial charge in [-0.3, -0.25) is 4.79 Å². The number of benzene rings is 1. The zero-order valence-electron chi connectivity index (χ0n) is 10.8. The van der Waals surface area contributed by atoms with Gasteiger partial charge in [0.2, 0.25) is 5.91 Å². The van der Waals surface area contributed by atoms with E-state index in [1.54, 1.807) is 0 Å². The molecule has 2 aliphatic heterocycles. The number of piperidine rings is 1. The number of hydrogen-bond acceptors (Lipinski definition) is 3. The molecule has 1 atom stereocenters. The summed E-state index contributed by atoms with van der Waals surface area (Å²) in [6.45, 7) is 1.69. The van der Waals surface area contributed by atoms with E-state index in [1.807, 2.05) is 18.2 Å². The summed E-state index contributed by atoms with van der Waals surface area (Å²) in [5, 5.41) is 6.24. The summed E-state index contributed by atoms with van der Waals surface area (Å²) in [6, 6.07) is 5.82. The van der Waals surface area contributed by atoms with Crippen LogP contribution in [-0.2, 0) is 11.2 Å². The summed E-state index contributed by atoms with van der Waals surface area (Å²) >= 11 is 0. The fraction of sp³-hybridized carbons (Fsp3) is 0.500. The second kappa shape index (κ2) is 6.26. The summed E-state index contributed by atoms with van der Waals surface area (Å²) < 4.78 is 5.45. The minimum atomic E-state index is -0.0387. The van der Waals surface area contributed by atoms with Gasteiger partial charge in [0, 0.05) is 12.1 Å². The molecule has 4 nitrogen and oxygen atoms in total. The van der Waals surface area contributed by atoms with Crippen LogP contribution in [0.15, 0.2) is 18.2 Å². The topological polar surface area (TPSA) is 50.4 Å². The van der Waals surface area contributed by atoms with Crippen molar-refractivity contribution in [1.29, 1.82) is 0 Å². The molecule has 0 unspecified atom stereocenters. The van der Waals surface area contributed by atoms with Crippen LogP contribution in [0.25, 0.3) is 0 Å². The van der Waals surface area contributed by atoms with Crippen molar-refractivity contribution in [2.45, 2.75) is 31.7 Å². The maximum Gasteiger partial charge on any atom is 0.241 e. The lowest BCUT2D eigenvalue weighted by atomic mass is 10.0. The predicted octanol–water partition coefficient (Wildman–Crippen LogP) is 2.12. The Labute approximate surface area is 119 Å². The van der Waals surface area contributed by atoms with Gasteiger partial charge in [0.1, 0.15) is 5.75 Å². The molecule has 0 bridgehead atoms. The third kappa shape index (κ3) is 3.19. The molecule has 5 heteroatoms. The van der Waals surface area contributed by atoms with Gasteiger partial charge in [-0.05, 0) is 43.1 Å². The van der Waals surface area contributed by atoms with Gasteiger partial charge in [-0.2, -0.15) is 0 Å². The van der Waals surface area contributed by atoms with Gasteiger partial charge in [-0.25, -0.2) is 0 Å². The minimum absolute atomic E-state index is 0. The van der Waals surface area contributed by atoms with E-state index in [2.05, 4.69) is 10.6 Å². The highest BCUT2D eigenvalue weighted by Gasteiger charge is 2.21. The quantitative estimate of drug-likeness (QED) is 0.874. The number of ether oxygens (including phenoxy) is 1. The second-order valence-corrected chi connectivity index (χ2v) is 4.91. The Bertz CT molecular complexity index is 459. The average molecular weight is 283 g/mol. The first-order valence-electron chi connectivity index (χ1n) is 6.63. The highest BCUT2D eigenvalue weighted by molar-refractivity contribution is 5.95. The first-order chi connectivity index (χ1) is 8.83. The Balaban J connectivity index is 0.00000133. The molecule has 0 aliphatic carbocycles. The van der Waals surface area contributed by atoms with Crippen molar-refractivity contribution >= 4 is 24.0 Å². The Morgan fingerprint density at radius 1 is 1.37 bits per heavy atom. The van der Waals surface area contributed by atoms with Crippen molar-refractivity contribution in [2.24, 2.45) is 0 Å². The number of nitrogens with one attached hydrogen (secondary N) is 2. The van der Waals surface area contributed by atoms with Crippen LogP contribution in [0.3, 0.4) is 0 Å². The Morgan fingerprint density at radius 3 is 3.05 bits per heavy atom. The van der Waals surface area contributed by atoms with Crippen LogP contribution in [0.2, 0.25) is 0 Å². The third-order valence-electron chi connectivity index (χ3n) is 3.58. The van der Waals surface area contributed by atoms with E-state index < -0.39 is 0 Å². The van der Waals surface area contributed by atoms with Crippen molar-refractivity contribution in [3.8, 4) is 5.75 Å². The van der Waals surface area contributed by atoms with Crippen molar-refractivity contribution in [2.75, 3.05) is 18.5 Å². The number of fused-ring (bicyclic) bond motifs is 1. The molecule has 0 aromatic heterocycles. The molecule has 1 saturated heterocycles. The standard InChI is InChI=1S/C14H18N2O2.ClH/c17-14(12-3-1-2-7-15-12)16-11-4-5-13-10(9-11)6-8-18-13;/h4-5,9,12,15H,1-3,6-8H2,(H,16,17);1H/t12-;/m0./s1. The van der Waals surface area contributed by atoms with Crippen molar-refractivity contribution in [1.82, 2.24) is 5.32 Å². The molecule has 2 heterocycles. The van der Waals surface area contributed by atoms with Gasteiger partial charge in [0.05, 0.1) is 12.6 Å². The number of amides is 1. The SMILES string of the molecule is Cl.O=C(Nc1ccc2c(c1)CCO2)[C@@H]1CCCCN1. The first-order valence-corrected chi connectivity index (χ1v) is 6.63. The predicted molar refractivity (Wildman–Crippen MR) is 77.2 cm³/mol. The van der Waals surface area contributed by atoms with Gasteiger partial charge in [-0.15, -0.1) is 12.4 Å². The summed E-state index contributed by atoms with van der Waals surface area (Å²) in [5.41, 5.74) is 2.06. The average Bonchev–Trinajstić information content (AvgIpc) is 2.87. The molecule has 2 N–H and O–H groups in total. The number of hydrogen-bond donors (Lipinski definition) is 2. The summed E-state index contributed by atoms with van der Waals surface area (Å²) in [6.07, 6.45) is 4.16. The monoisotopic (exact) mass is 282 g/mol. The molecule has 104 valence electrons. The van der Waals surface area contributed by atoms with Gasteiger partial charge in [0.25, 0.3) is 0 Å². The van der Waals surface area contributed by atoms with Gasteiger partial charge in [0.15, 0.2) is 0 Å². The lowest BCUT2D eigenvalue weighted by molar-refractivity contribution is -0.118. The molecule has 19 heavy (non-hydrogen) atoms. The second-order valence-electron chi connectivity index (χ2n) is 4.91. The first kappa shape index (κ1) is 14.2. The van der Waals surface area contributed by atoms with Crippen LogP contribution < -0.4 is 15.4 Å². The third-order valence-corrected chi connectivity index (χ3v) is 3.58. The van der Waals surface area contributed by atoms with E-state index in [9.17, 15) is 4.79 Å². The van der Waals surface area contributed by atoms with Crippen LogP contribution >= 0.6 is 12.4 Å². The van der Waals surface area contributed by atoms with E-state index >= 15 is 0 Å². The molecule has 3 rings (SSSR count). The van der Waals surface area contributed by atoms with Crippen LogP contribution in [-0.4, -0.2) is 25.1 Å². The molecular formula is C14H19ClN2O2. The number of carbonyl (C=O) groups excluding carboxylic acids is 1. The molecule has 1 amide bonds. The molecule has 1 fully saturated rings. The normalized spacial score (nSPS) is 20.9. The molecule has 0 radical (unpaired) electrons. The van der Waals surface area contributed by atoms with Crippen molar-refractivity contribution in [3.05, 3.63) is 23.8 Å². The number of halogens is 1. The highest BCUT2D eigenvalue weighted by atomic mass is 35.5. The van der Waals surface area contributed by atoms with Crippen LogP contribution in [0, 0.1) is 0 Å². The Kier molecular flexibility index (Phi) is 4.66. The minimum Gasteiger partial charge on any atom is -0.493 e. The lowest BCUT2D eigenvalue weighted by Gasteiger charge is -2.22. The Morgan fingerprint density at radius 2 is 2.26 bits per heavy atom. The Hall–Kier alpha value is -1.26. The molecule has 1 aromatic carbocycles. The molecular weight excluding hydrogens is 264 g/mol. The van der Waals surface area contributed by atoms with Crippen molar-refractivity contribution < 1.29 is 9.53 Å². The van der Waals surface area contributed by atoms with E-state index in [0.29, 0.717) is 0 Å². The molecule has 1 aromatic rings. The fourth-order valence-electron chi connectivity index (χ4n) is 2.57. The van der Waals surface area contributed by atoms with E-state index in [4.69, 9.17) is 4.74 Å². The van der Waals surface area contributed by atoms with Gasteiger partial charge < -0.3 is 15.4 Å². The zero-order chi connectivity index (χ0) is 12.4. The van der Waals surface area contributed by atoms with E-state index in [0.717, 1.165) is 43.9 Å². The van der Waals surface area contributed by atoms with Gasteiger partial charge in [-0.1, -0.05) is 6.42 Å². The smallest absolute Gasteiger partial charge is 0.241 e. The zero-order valence-corrected chi connectivity index (χ0v) is 11.6.